The average molecular weight is 205 g/mol. The lowest BCUT2D eigenvalue weighted by molar-refractivity contribution is 0.195. The Bertz CT molecular complexity index is 335. The zero-order chi connectivity index (χ0) is 10.7. The molecule has 0 fully saturated rings. The normalized spacial score (nSPS) is 19.2. The van der Waals surface area contributed by atoms with Crippen LogP contribution in [-0.4, -0.2) is 20.3 Å². The van der Waals surface area contributed by atoms with Gasteiger partial charge >= 0.3 is 0 Å². The molecule has 0 bridgehead atoms. The van der Waals surface area contributed by atoms with Crippen LogP contribution in [0.25, 0.3) is 0 Å². The van der Waals surface area contributed by atoms with E-state index >= 15 is 0 Å². The summed E-state index contributed by atoms with van der Waals surface area (Å²) in [6, 6.07) is 7.32. The van der Waals surface area contributed by atoms with Crippen molar-refractivity contribution in [2.75, 3.05) is 20.3 Å². The molecule has 0 aliphatic heterocycles. The number of rotatable bonds is 4. The van der Waals surface area contributed by atoms with Gasteiger partial charge in [0.05, 0.1) is 6.61 Å². The van der Waals surface area contributed by atoms with Crippen molar-refractivity contribution in [1.82, 2.24) is 5.32 Å². The maximum Gasteiger partial charge on any atom is 0.0587 e. The van der Waals surface area contributed by atoms with Crippen LogP contribution in [-0.2, 0) is 11.2 Å². The predicted octanol–water partition coefficient (Wildman–Crippen LogP) is 2.22. The molecule has 0 amide bonds. The van der Waals surface area contributed by atoms with E-state index in [4.69, 9.17) is 4.74 Å². The van der Waals surface area contributed by atoms with Gasteiger partial charge in [0.1, 0.15) is 0 Å². The third-order valence-corrected chi connectivity index (χ3v) is 3.08. The number of hydrogen-bond donors (Lipinski definition) is 1. The molecule has 2 nitrogen and oxygen atoms in total. The molecule has 0 spiro atoms. The molecule has 0 aromatic heterocycles. The van der Waals surface area contributed by atoms with Gasteiger partial charge in [0.15, 0.2) is 0 Å². The van der Waals surface area contributed by atoms with Crippen molar-refractivity contribution in [3.63, 3.8) is 0 Å². The maximum absolute atomic E-state index is 5.05. The summed E-state index contributed by atoms with van der Waals surface area (Å²) in [5.41, 5.74) is 4.36. The van der Waals surface area contributed by atoms with E-state index in [0.29, 0.717) is 6.04 Å². The monoisotopic (exact) mass is 205 g/mol. The van der Waals surface area contributed by atoms with Crippen molar-refractivity contribution in [3.8, 4) is 0 Å². The van der Waals surface area contributed by atoms with Gasteiger partial charge in [-0.2, -0.15) is 0 Å². The number of benzene rings is 1. The number of nitrogens with one attached hydrogen (secondary N) is 1. The lowest BCUT2D eigenvalue weighted by Gasteiger charge is -2.14. The molecule has 1 N–H and O–H groups in total. The van der Waals surface area contributed by atoms with Crippen LogP contribution in [0.5, 0.6) is 0 Å². The molecule has 15 heavy (non-hydrogen) atoms. The molecule has 82 valence electrons. The molecule has 0 radical (unpaired) electrons. The first-order chi connectivity index (χ1) is 7.31. The lowest BCUT2D eigenvalue weighted by atomic mass is 10.1. The zero-order valence-electron chi connectivity index (χ0n) is 9.55. The number of fused-ring (bicyclic) bond motifs is 1. The summed E-state index contributed by atoms with van der Waals surface area (Å²) in [4.78, 5) is 0. The highest BCUT2D eigenvalue weighted by atomic mass is 16.5. The minimum atomic E-state index is 0.537. The van der Waals surface area contributed by atoms with Crippen LogP contribution in [0.3, 0.4) is 0 Å². The summed E-state index contributed by atoms with van der Waals surface area (Å²) < 4.78 is 5.05. The summed E-state index contributed by atoms with van der Waals surface area (Å²) >= 11 is 0. The highest BCUT2D eigenvalue weighted by Gasteiger charge is 2.21. The van der Waals surface area contributed by atoms with Crippen molar-refractivity contribution < 1.29 is 4.74 Å². The van der Waals surface area contributed by atoms with E-state index < -0.39 is 0 Å². The van der Waals surface area contributed by atoms with E-state index in [2.05, 4.69) is 30.4 Å². The lowest BCUT2D eigenvalue weighted by Crippen LogP contribution is -2.23. The quantitative estimate of drug-likeness (QED) is 0.761. The second-order valence-electron chi connectivity index (χ2n) is 4.24. The van der Waals surface area contributed by atoms with Crippen LogP contribution in [0, 0.1) is 6.92 Å². The van der Waals surface area contributed by atoms with E-state index in [0.717, 1.165) is 13.2 Å². The van der Waals surface area contributed by atoms with E-state index in [1.54, 1.807) is 7.11 Å². The fraction of sp³-hybridized carbons (Fsp3) is 0.538. The first kappa shape index (κ1) is 10.7. The van der Waals surface area contributed by atoms with Crippen LogP contribution in [0.4, 0.5) is 0 Å². The van der Waals surface area contributed by atoms with Crippen LogP contribution in [0.15, 0.2) is 18.2 Å². The largest absolute Gasteiger partial charge is 0.383 e. The van der Waals surface area contributed by atoms with Gasteiger partial charge in [0.2, 0.25) is 0 Å². The van der Waals surface area contributed by atoms with Gasteiger partial charge in [-0.1, -0.05) is 23.8 Å². The summed E-state index contributed by atoms with van der Waals surface area (Å²) in [6.07, 6.45) is 2.43. The van der Waals surface area contributed by atoms with E-state index in [-0.39, 0.29) is 0 Å². The van der Waals surface area contributed by atoms with Crippen molar-refractivity contribution in [2.24, 2.45) is 0 Å². The minimum absolute atomic E-state index is 0.537. The molecule has 1 aliphatic carbocycles. The van der Waals surface area contributed by atoms with Crippen LogP contribution >= 0.6 is 0 Å². The van der Waals surface area contributed by atoms with Crippen molar-refractivity contribution in [1.29, 1.82) is 0 Å². The smallest absolute Gasteiger partial charge is 0.0587 e. The second-order valence-corrected chi connectivity index (χ2v) is 4.24. The third kappa shape index (κ3) is 2.39. The van der Waals surface area contributed by atoms with Crippen molar-refractivity contribution >= 4 is 0 Å². The van der Waals surface area contributed by atoms with Gasteiger partial charge in [-0.15, -0.1) is 0 Å². The van der Waals surface area contributed by atoms with Gasteiger partial charge in [0, 0.05) is 19.7 Å². The molecule has 1 aromatic carbocycles. The van der Waals surface area contributed by atoms with E-state index in [1.165, 1.54) is 29.5 Å². The first-order valence-electron chi connectivity index (χ1n) is 5.63. The molecular weight excluding hydrogens is 186 g/mol. The summed E-state index contributed by atoms with van der Waals surface area (Å²) in [5.74, 6) is 0. The molecule has 1 atom stereocenters. The third-order valence-electron chi connectivity index (χ3n) is 3.08. The topological polar surface area (TPSA) is 21.3 Å². The first-order valence-corrected chi connectivity index (χ1v) is 5.63. The molecule has 1 aliphatic rings. The highest BCUT2D eigenvalue weighted by Crippen LogP contribution is 2.31. The maximum atomic E-state index is 5.05. The molecule has 0 heterocycles. The fourth-order valence-corrected chi connectivity index (χ4v) is 2.27. The molecule has 2 rings (SSSR count). The van der Waals surface area contributed by atoms with Crippen molar-refractivity contribution in [3.05, 3.63) is 34.9 Å². The molecule has 1 aromatic rings. The van der Waals surface area contributed by atoms with Gasteiger partial charge in [-0.3, -0.25) is 0 Å². The fourth-order valence-electron chi connectivity index (χ4n) is 2.27. The second kappa shape index (κ2) is 4.77. The number of aryl methyl sites for hydroxylation is 2. The van der Waals surface area contributed by atoms with Gasteiger partial charge in [-0.25, -0.2) is 0 Å². The van der Waals surface area contributed by atoms with Gasteiger partial charge < -0.3 is 10.1 Å². The Balaban J connectivity index is 2.03. The minimum Gasteiger partial charge on any atom is -0.383 e. The van der Waals surface area contributed by atoms with Gasteiger partial charge in [-0.05, 0) is 30.9 Å². The van der Waals surface area contributed by atoms with Crippen LogP contribution in [0.1, 0.15) is 29.2 Å². The standard InChI is InChI=1S/C13H19NO/c1-10-3-4-11-5-6-13(12(11)9-10)14-7-8-15-2/h3-4,9,13-14H,5-8H2,1-2H3. The summed E-state index contributed by atoms with van der Waals surface area (Å²) in [6.45, 7) is 3.89. The van der Waals surface area contributed by atoms with Gasteiger partial charge in [0.25, 0.3) is 0 Å². The Morgan fingerprint density at radius 3 is 3.13 bits per heavy atom. The summed E-state index contributed by atoms with van der Waals surface area (Å²) in [5, 5.41) is 3.54. The Labute approximate surface area is 91.6 Å². The molecule has 2 heteroatoms. The highest BCUT2D eigenvalue weighted by molar-refractivity contribution is 5.37. The number of methoxy groups -OCH3 is 1. The van der Waals surface area contributed by atoms with E-state index in [9.17, 15) is 0 Å². The molecule has 0 saturated carbocycles. The van der Waals surface area contributed by atoms with Crippen molar-refractivity contribution in [2.45, 2.75) is 25.8 Å². The SMILES string of the molecule is COCCNC1CCc2ccc(C)cc21. The average Bonchev–Trinajstić information content (AvgIpc) is 2.62. The zero-order valence-corrected chi connectivity index (χ0v) is 9.55. The Morgan fingerprint density at radius 2 is 2.33 bits per heavy atom. The Morgan fingerprint density at radius 1 is 1.47 bits per heavy atom. The Hall–Kier alpha value is -0.860. The molecular formula is C13H19NO. The number of hydrogen-bond acceptors (Lipinski definition) is 2. The van der Waals surface area contributed by atoms with Crippen LogP contribution < -0.4 is 5.32 Å². The Kier molecular flexibility index (Phi) is 3.39. The predicted molar refractivity (Wildman–Crippen MR) is 62.1 cm³/mol. The summed E-state index contributed by atoms with van der Waals surface area (Å²) in [7, 11) is 1.74. The molecule has 0 saturated heterocycles. The van der Waals surface area contributed by atoms with Crippen LogP contribution in [0.2, 0.25) is 0 Å². The number of ether oxygens (including phenoxy) is 1. The molecule has 1 unspecified atom stereocenters. The van der Waals surface area contributed by atoms with E-state index in [1.807, 2.05) is 0 Å².